The lowest BCUT2D eigenvalue weighted by molar-refractivity contribution is -0.121. The quantitative estimate of drug-likeness (QED) is 0.813. The highest BCUT2D eigenvalue weighted by Crippen LogP contribution is 2.32. The number of carbonyl (C=O) groups is 3. The van der Waals surface area contributed by atoms with Crippen LogP contribution in [-0.2, 0) is 16.0 Å². The zero-order valence-corrected chi connectivity index (χ0v) is 14.8. The van der Waals surface area contributed by atoms with Crippen molar-refractivity contribution in [1.82, 2.24) is 0 Å². The normalized spacial score (nSPS) is 13.5. The highest BCUT2D eigenvalue weighted by molar-refractivity contribution is 9.10. The monoisotopic (exact) mass is 408 g/mol. The van der Waals surface area contributed by atoms with Crippen LogP contribution < -0.4 is 10.2 Å². The zero-order chi connectivity index (χ0) is 17.3. The summed E-state index contributed by atoms with van der Waals surface area (Å²) in [5, 5.41) is 13.6. The number of hydrogen-bond donors (Lipinski definition) is 2. The molecule has 1 aromatic heterocycles. The van der Waals surface area contributed by atoms with E-state index in [2.05, 4.69) is 21.2 Å². The van der Waals surface area contributed by atoms with Crippen molar-refractivity contribution in [1.29, 1.82) is 0 Å². The van der Waals surface area contributed by atoms with Gasteiger partial charge < -0.3 is 15.3 Å². The summed E-state index contributed by atoms with van der Waals surface area (Å²) >= 11 is 4.27. The first-order valence-corrected chi connectivity index (χ1v) is 8.83. The van der Waals surface area contributed by atoms with Gasteiger partial charge in [0.1, 0.15) is 17.1 Å². The standard InChI is InChI=1S/C16H13BrN2O4S/c17-10-8-24-15(14(10)16(22)23)18-12(20)7-19-11-4-2-1-3-9(11)5-6-13(19)21/h1-4,8H,5-7H2,(H,18,20)(H,22,23). The van der Waals surface area contributed by atoms with E-state index in [0.717, 1.165) is 22.6 Å². The fraction of sp³-hybridized carbons (Fsp3) is 0.188. The van der Waals surface area contributed by atoms with Gasteiger partial charge in [0.05, 0.1) is 0 Å². The van der Waals surface area contributed by atoms with Gasteiger partial charge in [0.2, 0.25) is 11.8 Å². The fourth-order valence-electron chi connectivity index (χ4n) is 2.61. The number of aromatic carboxylic acids is 1. The Morgan fingerprint density at radius 2 is 2.04 bits per heavy atom. The SMILES string of the molecule is O=C(CN1C(=O)CCc2ccccc21)Nc1scc(Br)c1C(=O)O. The van der Waals surface area contributed by atoms with Gasteiger partial charge >= 0.3 is 5.97 Å². The van der Waals surface area contributed by atoms with E-state index < -0.39 is 11.9 Å². The van der Waals surface area contributed by atoms with Crippen LogP contribution >= 0.6 is 27.3 Å². The molecule has 0 saturated heterocycles. The maximum absolute atomic E-state index is 12.3. The molecule has 0 bridgehead atoms. The number of hydrogen-bond acceptors (Lipinski definition) is 4. The van der Waals surface area contributed by atoms with Crippen LogP contribution in [0, 0.1) is 0 Å². The van der Waals surface area contributed by atoms with E-state index in [-0.39, 0.29) is 23.0 Å². The average molecular weight is 409 g/mol. The van der Waals surface area contributed by atoms with Crippen molar-refractivity contribution in [2.45, 2.75) is 12.8 Å². The van der Waals surface area contributed by atoms with Crippen molar-refractivity contribution in [3.05, 3.63) is 45.2 Å². The number of benzene rings is 1. The molecule has 1 aliphatic heterocycles. The summed E-state index contributed by atoms with van der Waals surface area (Å²) in [5.74, 6) is -1.68. The van der Waals surface area contributed by atoms with Crippen molar-refractivity contribution >= 4 is 55.7 Å². The molecule has 0 unspecified atom stereocenters. The number of carboxylic acid groups (broad SMARTS) is 1. The molecule has 0 aliphatic carbocycles. The number of nitrogens with zero attached hydrogens (tertiary/aromatic N) is 1. The van der Waals surface area contributed by atoms with Crippen LogP contribution in [-0.4, -0.2) is 29.4 Å². The van der Waals surface area contributed by atoms with Crippen molar-refractivity contribution in [3.8, 4) is 0 Å². The molecule has 8 heteroatoms. The summed E-state index contributed by atoms with van der Waals surface area (Å²) in [4.78, 5) is 37.2. The summed E-state index contributed by atoms with van der Waals surface area (Å²) in [6.45, 7) is -0.148. The van der Waals surface area contributed by atoms with Gasteiger partial charge in [-0.15, -0.1) is 11.3 Å². The van der Waals surface area contributed by atoms with Crippen LogP contribution in [0.25, 0.3) is 0 Å². The van der Waals surface area contributed by atoms with Gasteiger partial charge in [-0.05, 0) is 34.0 Å². The Morgan fingerprint density at radius 1 is 1.29 bits per heavy atom. The first kappa shape index (κ1) is 16.7. The van der Waals surface area contributed by atoms with E-state index in [1.807, 2.05) is 24.3 Å². The van der Waals surface area contributed by atoms with Crippen molar-refractivity contribution in [2.75, 3.05) is 16.8 Å². The highest BCUT2D eigenvalue weighted by Gasteiger charge is 2.26. The largest absolute Gasteiger partial charge is 0.478 e. The Kier molecular flexibility index (Phi) is 4.68. The molecule has 6 nitrogen and oxygen atoms in total. The number of thiophene rings is 1. The number of para-hydroxylation sites is 1. The van der Waals surface area contributed by atoms with Crippen LogP contribution in [0.4, 0.5) is 10.7 Å². The molecule has 3 rings (SSSR count). The summed E-state index contributed by atoms with van der Waals surface area (Å²) in [5.41, 5.74) is 1.77. The Labute approximate surface area is 150 Å². The van der Waals surface area contributed by atoms with Crippen molar-refractivity contribution in [2.24, 2.45) is 0 Å². The molecule has 2 N–H and O–H groups in total. The number of amides is 2. The van der Waals surface area contributed by atoms with E-state index in [9.17, 15) is 19.5 Å². The van der Waals surface area contributed by atoms with Gasteiger partial charge in [-0.1, -0.05) is 18.2 Å². The molecule has 0 spiro atoms. The number of nitrogens with one attached hydrogen (secondary N) is 1. The first-order valence-electron chi connectivity index (χ1n) is 7.15. The number of fused-ring (bicyclic) bond motifs is 1. The molecule has 124 valence electrons. The Bertz CT molecular complexity index is 833. The lowest BCUT2D eigenvalue weighted by Gasteiger charge is -2.28. The first-order chi connectivity index (χ1) is 11.5. The molecule has 2 amide bonds. The van der Waals surface area contributed by atoms with Gasteiger partial charge in [0.15, 0.2) is 0 Å². The van der Waals surface area contributed by atoms with E-state index in [0.29, 0.717) is 17.3 Å². The van der Waals surface area contributed by atoms with Crippen molar-refractivity contribution in [3.63, 3.8) is 0 Å². The smallest absolute Gasteiger partial charge is 0.339 e. The van der Waals surface area contributed by atoms with Crippen molar-refractivity contribution < 1.29 is 19.5 Å². The molecule has 2 heterocycles. The summed E-state index contributed by atoms with van der Waals surface area (Å²) < 4.78 is 0.412. The Morgan fingerprint density at radius 3 is 2.79 bits per heavy atom. The number of rotatable bonds is 4. The molecule has 0 atom stereocenters. The zero-order valence-electron chi connectivity index (χ0n) is 12.4. The maximum Gasteiger partial charge on any atom is 0.339 e. The van der Waals surface area contributed by atoms with Gasteiger partial charge in [0, 0.05) is 22.0 Å². The van der Waals surface area contributed by atoms with Gasteiger partial charge in [-0.3, -0.25) is 9.59 Å². The number of halogens is 1. The average Bonchev–Trinajstić information content (AvgIpc) is 2.90. The number of carbonyl (C=O) groups excluding carboxylic acids is 2. The summed E-state index contributed by atoms with van der Waals surface area (Å²) in [6, 6.07) is 7.46. The van der Waals surface area contributed by atoms with Crippen LogP contribution in [0.2, 0.25) is 0 Å². The minimum Gasteiger partial charge on any atom is -0.478 e. The fourth-order valence-corrected chi connectivity index (χ4v) is 4.21. The van der Waals surface area contributed by atoms with Crippen LogP contribution in [0.15, 0.2) is 34.1 Å². The lowest BCUT2D eigenvalue weighted by Crippen LogP contribution is -2.40. The second-order valence-electron chi connectivity index (χ2n) is 5.25. The van der Waals surface area contributed by atoms with Gasteiger partial charge in [-0.2, -0.15) is 0 Å². The van der Waals surface area contributed by atoms with Gasteiger partial charge in [-0.25, -0.2) is 4.79 Å². The number of carboxylic acids is 1. The van der Waals surface area contributed by atoms with E-state index >= 15 is 0 Å². The molecule has 24 heavy (non-hydrogen) atoms. The van der Waals surface area contributed by atoms with Gasteiger partial charge in [0.25, 0.3) is 0 Å². The number of aryl methyl sites for hydroxylation is 1. The highest BCUT2D eigenvalue weighted by atomic mass is 79.9. The molecule has 2 aromatic rings. The maximum atomic E-state index is 12.3. The van der Waals surface area contributed by atoms with Crippen LogP contribution in [0.1, 0.15) is 22.3 Å². The van der Waals surface area contributed by atoms with E-state index in [4.69, 9.17) is 0 Å². The van der Waals surface area contributed by atoms with E-state index in [1.54, 1.807) is 5.38 Å². The lowest BCUT2D eigenvalue weighted by atomic mass is 10.0. The molecular weight excluding hydrogens is 396 g/mol. The Hall–Kier alpha value is -2.19. The Balaban J connectivity index is 1.78. The minimum atomic E-state index is -1.13. The molecule has 0 saturated carbocycles. The van der Waals surface area contributed by atoms with Crippen LogP contribution in [0.3, 0.4) is 0 Å². The third-order valence-electron chi connectivity index (χ3n) is 3.71. The second kappa shape index (κ2) is 6.74. The third-order valence-corrected chi connectivity index (χ3v) is 5.53. The predicted octanol–water partition coefficient (Wildman–Crippen LogP) is 3.13. The molecule has 0 radical (unpaired) electrons. The summed E-state index contributed by atoms with van der Waals surface area (Å²) in [6.07, 6.45) is 1.02. The topological polar surface area (TPSA) is 86.7 Å². The number of anilines is 2. The molecular formula is C16H13BrN2O4S. The molecule has 0 fully saturated rings. The molecule has 1 aromatic carbocycles. The van der Waals surface area contributed by atoms with Crippen LogP contribution in [0.5, 0.6) is 0 Å². The minimum absolute atomic E-state index is 0.0127. The molecule has 1 aliphatic rings. The second-order valence-corrected chi connectivity index (χ2v) is 6.98. The third kappa shape index (κ3) is 3.20. The summed E-state index contributed by atoms with van der Waals surface area (Å²) in [7, 11) is 0. The van der Waals surface area contributed by atoms with E-state index in [1.165, 1.54) is 4.90 Å². The predicted molar refractivity (Wildman–Crippen MR) is 94.7 cm³/mol.